The molecule has 0 aromatic heterocycles. The zero-order chi connectivity index (χ0) is 8.41. The lowest BCUT2D eigenvalue weighted by Gasteiger charge is -1.62. The molecule has 0 aliphatic carbocycles. The number of hydrogen-bond donors (Lipinski definition) is 0. The van der Waals surface area contributed by atoms with Crippen LogP contribution in [0.5, 0.6) is 0 Å². The second kappa shape index (κ2) is 10.7. The van der Waals surface area contributed by atoms with E-state index in [-0.39, 0.29) is 5.78 Å². The van der Waals surface area contributed by atoms with Crippen LogP contribution in [0.15, 0.2) is 24.8 Å². The first-order chi connectivity index (χ1) is 4.68. The lowest BCUT2D eigenvalue weighted by molar-refractivity contribution is -0.112. The maximum absolute atomic E-state index is 9.69. The van der Waals surface area contributed by atoms with Gasteiger partial charge in [0.25, 0.3) is 0 Å². The van der Waals surface area contributed by atoms with E-state index >= 15 is 0 Å². The minimum absolute atomic E-state index is 0.0185. The number of hydrogen-bond acceptors (Lipinski definition) is 2. The van der Waals surface area contributed by atoms with Crippen molar-refractivity contribution in [2.45, 2.75) is 13.8 Å². The van der Waals surface area contributed by atoms with E-state index in [9.17, 15) is 9.59 Å². The standard InChI is InChI=1S/2C4H6O/c1-3-4(2)5;1-2-3-4-5/h3H,1H2,2H3;2-4H,1H3/b;3-2+. The van der Waals surface area contributed by atoms with Gasteiger partial charge < -0.3 is 0 Å². The Morgan fingerprint density at radius 2 is 1.90 bits per heavy atom. The molecular formula is C8H12O2. The van der Waals surface area contributed by atoms with Gasteiger partial charge in [-0.2, -0.15) is 0 Å². The first-order valence-electron chi connectivity index (χ1n) is 2.88. The zero-order valence-corrected chi connectivity index (χ0v) is 6.33. The molecule has 56 valence electrons. The van der Waals surface area contributed by atoms with Crippen LogP contribution in [0.4, 0.5) is 0 Å². The molecule has 0 unspecified atom stereocenters. The predicted octanol–water partition coefficient (Wildman–Crippen LogP) is 1.52. The summed E-state index contributed by atoms with van der Waals surface area (Å²) in [7, 11) is 0. The van der Waals surface area contributed by atoms with Gasteiger partial charge >= 0.3 is 0 Å². The van der Waals surface area contributed by atoms with Crippen LogP contribution in [0.1, 0.15) is 13.8 Å². The predicted molar refractivity (Wildman–Crippen MR) is 41.8 cm³/mol. The van der Waals surface area contributed by atoms with Crippen molar-refractivity contribution in [1.29, 1.82) is 0 Å². The molecule has 2 heteroatoms. The lowest BCUT2D eigenvalue weighted by Crippen LogP contribution is -1.74. The highest BCUT2D eigenvalue weighted by molar-refractivity contribution is 5.86. The van der Waals surface area contributed by atoms with Gasteiger partial charge in [0.2, 0.25) is 0 Å². The number of carbonyl (C=O) groups is 2. The molecule has 0 rings (SSSR count). The summed E-state index contributed by atoms with van der Waals surface area (Å²) in [4.78, 5) is 19.0. The SMILES string of the molecule is C/C=C/C=O.C=CC(C)=O. The van der Waals surface area contributed by atoms with Crippen LogP contribution in [0.3, 0.4) is 0 Å². The number of aldehydes is 1. The van der Waals surface area contributed by atoms with Gasteiger partial charge in [-0.25, -0.2) is 0 Å². The first kappa shape index (κ1) is 11.6. The van der Waals surface area contributed by atoms with E-state index in [4.69, 9.17) is 0 Å². The van der Waals surface area contributed by atoms with Crippen molar-refractivity contribution in [3.8, 4) is 0 Å². The molecular weight excluding hydrogens is 128 g/mol. The summed E-state index contributed by atoms with van der Waals surface area (Å²) in [6, 6.07) is 0. The quantitative estimate of drug-likeness (QED) is 0.430. The Labute approximate surface area is 61.2 Å². The minimum Gasteiger partial charge on any atom is -0.299 e. The largest absolute Gasteiger partial charge is 0.299 e. The van der Waals surface area contributed by atoms with Gasteiger partial charge in [-0.05, 0) is 26.0 Å². The van der Waals surface area contributed by atoms with Crippen molar-refractivity contribution in [3.63, 3.8) is 0 Å². The van der Waals surface area contributed by atoms with Crippen molar-refractivity contribution >= 4 is 12.1 Å². The van der Waals surface area contributed by atoms with Crippen molar-refractivity contribution < 1.29 is 9.59 Å². The summed E-state index contributed by atoms with van der Waals surface area (Å²) >= 11 is 0. The van der Waals surface area contributed by atoms with Crippen molar-refractivity contribution in [1.82, 2.24) is 0 Å². The first-order valence-corrected chi connectivity index (χ1v) is 2.88. The van der Waals surface area contributed by atoms with Crippen LogP contribution in [0.2, 0.25) is 0 Å². The highest BCUT2D eigenvalue weighted by atomic mass is 16.1. The normalized spacial score (nSPS) is 7.80. The fourth-order valence-electron chi connectivity index (χ4n) is 0.0786. The van der Waals surface area contributed by atoms with Gasteiger partial charge in [0, 0.05) is 0 Å². The molecule has 0 heterocycles. The molecule has 0 aromatic carbocycles. The van der Waals surface area contributed by atoms with Crippen LogP contribution in [0, 0.1) is 0 Å². The van der Waals surface area contributed by atoms with Gasteiger partial charge in [0.05, 0.1) is 0 Å². The van der Waals surface area contributed by atoms with E-state index in [1.54, 1.807) is 13.0 Å². The summed E-state index contributed by atoms with van der Waals surface area (Å²) < 4.78 is 0. The monoisotopic (exact) mass is 140 g/mol. The van der Waals surface area contributed by atoms with E-state index in [1.165, 1.54) is 19.1 Å². The zero-order valence-electron chi connectivity index (χ0n) is 6.33. The second-order valence-electron chi connectivity index (χ2n) is 1.48. The lowest BCUT2D eigenvalue weighted by atomic mass is 10.5. The molecule has 0 saturated heterocycles. The van der Waals surface area contributed by atoms with Crippen molar-refractivity contribution in [2.24, 2.45) is 0 Å². The number of allylic oxidation sites excluding steroid dienone is 3. The Balaban J connectivity index is 0. The summed E-state index contributed by atoms with van der Waals surface area (Å²) in [5.74, 6) is 0.0185. The van der Waals surface area contributed by atoms with Crippen LogP contribution in [0.25, 0.3) is 0 Å². The van der Waals surface area contributed by atoms with Gasteiger partial charge in [-0.1, -0.05) is 12.7 Å². The van der Waals surface area contributed by atoms with E-state index in [1.807, 2.05) is 0 Å². The molecule has 0 saturated carbocycles. The Hall–Kier alpha value is -1.18. The van der Waals surface area contributed by atoms with Crippen LogP contribution >= 0.6 is 0 Å². The second-order valence-corrected chi connectivity index (χ2v) is 1.48. The van der Waals surface area contributed by atoms with Crippen LogP contribution < -0.4 is 0 Å². The van der Waals surface area contributed by atoms with Gasteiger partial charge in [-0.3, -0.25) is 9.59 Å². The summed E-state index contributed by atoms with van der Waals surface area (Å²) in [5, 5.41) is 0. The average molecular weight is 140 g/mol. The third-order valence-electron chi connectivity index (χ3n) is 0.558. The fraction of sp³-hybridized carbons (Fsp3) is 0.250. The van der Waals surface area contributed by atoms with Crippen molar-refractivity contribution in [2.75, 3.05) is 0 Å². The molecule has 0 spiro atoms. The maximum Gasteiger partial charge on any atom is 0.152 e. The molecule has 2 nitrogen and oxygen atoms in total. The van der Waals surface area contributed by atoms with Crippen LogP contribution in [-0.2, 0) is 9.59 Å². The number of ketones is 1. The fourth-order valence-corrected chi connectivity index (χ4v) is 0.0786. The smallest absolute Gasteiger partial charge is 0.152 e. The van der Waals surface area contributed by atoms with E-state index in [0.717, 1.165) is 6.29 Å². The Bertz CT molecular complexity index is 134. The molecule has 0 N–H and O–H groups in total. The van der Waals surface area contributed by atoms with Gasteiger partial charge in [0.15, 0.2) is 5.78 Å². The molecule has 0 atom stereocenters. The van der Waals surface area contributed by atoms with Crippen LogP contribution in [-0.4, -0.2) is 12.1 Å². The summed E-state index contributed by atoms with van der Waals surface area (Å²) in [6.07, 6.45) is 5.16. The third-order valence-corrected chi connectivity index (χ3v) is 0.558. The minimum atomic E-state index is 0.0185. The molecule has 10 heavy (non-hydrogen) atoms. The molecule has 0 aliphatic rings. The molecule has 0 radical (unpaired) electrons. The van der Waals surface area contributed by atoms with Crippen molar-refractivity contribution in [3.05, 3.63) is 24.8 Å². The topological polar surface area (TPSA) is 34.1 Å². The molecule has 0 aromatic rings. The van der Waals surface area contributed by atoms with E-state index in [0.29, 0.717) is 0 Å². The number of rotatable bonds is 2. The van der Waals surface area contributed by atoms with E-state index < -0.39 is 0 Å². The highest BCUT2D eigenvalue weighted by Gasteiger charge is 1.69. The molecule has 0 aliphatic heterocycles. The highest BCUT2D eigenvalue weighted by Crippen LogP contribution is 1.60. The van der Waals surface area contributed by atoms with E-state index in [2.05, 4.69) is 6.58 Å². The Morgan fingerprint density at radius 3 is 1.90 bits per heavy atom. The Kier molecular flexibility index (Phi) is 12.5. The molecule has 0 amide bonds. The Morgan fingerprint density at radius 1 is 1.50 bits per heavy atom. The third kappa shape index (κ3) is 29.0. The summed E-state index contributed by atoms with van der Waals surface area (Å²) in [5.41, 5.74) is 0. The summed E-state index contributed by atoms with van der Waals surface area (Å²) in [6.45, 7) is 6.48. The number of carbonyl (C=O) groups excluding carboxylic acids is 2. The van der Waals surface area contributed by atoms with Gasteiger partial charge in [0.1, 0.15) is 6.29 Å². The molecule has 0 bridgehead atoms. The maximum atomic E-state index is 9.69. The van der Waals surface area contributed by atoms with Gasteiger partial charge in [-0.15, -0.1) is 0 Å². The average Bonchev–Trinajstić information content (AvgIpc) is 1.91. The molecule has 0 fully saturated rings.